The van der Waals surface area contributed by atoms with Gasteiger partial charge >= 0.3 is 0 Å². The van der Waals surface area contributed by atoms with E-state index < -0.39 is 0 Å². The first-order valence-electron chi connectivity index (χ1n) is 6.77. The van der Waals surface area contributed by atoms with Crippen molar-refractivity contribution in [1.29, 1.82) is 0 Å². The lowest BCUT2D eigenvalue weighted by molar-refractivity contribution is 0.0586. The zero-order valence-electron chi connectivity index (χ0n) is 11.9. The van der Waals surface area contributed by atoms with Crippen molar-refractivity contribution in [3.05, 3.63) is 34.6 Å². The zero-order valence-corrected chi connectivity index (χ0v) is 12.7. The topological polar surface area (TPSA) is 6.48 Å². The first-order valence-corrected chi connectivity index (χ1v) is 7.15. The molecule has 106 valence electrons. The van der Waals surface area contributed by atoms with Gasteiger partial charge in [0.15, 0.2) is 0 Å². The SMILES string of the molecule is CC(C)(C)N1CCN(Cc2cc(Cl)ccc2F)CC1. The van der Waals surface area contributed by atoms with Gasteiger partial charge in [-0.1, -0.05) is 11.6 Å². The second-order valence-corrected chi connectivity index (χ2v) is 6.61. The van der Waals surface area contributed by atoms with Crippen LogP contribution in [0.4, 0.5) is 4.39 Å². The summed E-state index contributed by atoms with van der Waals surface area (Å²) in [5.74, 6) is -0.164. The van der Waals surface area contributed by atoms with Gasteiger partial charge < -0.3 is 0 Å². The lowest BCUT2D eigenvalue weighted by Crippen LogP contribution is -2.53. The number of halogens is 2. The molecule has 0 amide bonds. The predicted molar refractivity (Wildman–Crippen MR) is 78.0 cm³/mol. The van der Waals surface area contributed by atoms with Crippen molar-refractivity contribution < 1.29 is 4.39 Å². The van der Waals surface area contributed by atoms with Gasteiger partial charge in [-0.25, -0.2) is 4.39 Å². The van der Waals surface area contributed by atoms with Gasteiger partial charge in [-0.2, -0.15) is 0 Å². The lowest BCUT2D eigenvalue weighted by atomic mass is 10.0. The molecule has 2 rings (SSSR count). The van der Waals surface area contributed by atoms with Crippen molar-refractivity contribution in [2.24, 2.45) is 0 Å². The van der Waals surface area contributed by atoms with E-state index in [1.165, 1.54) is 6.07 Å². The Kier molecular flexibility index (Phi) is 4.49. The molecule has 0 aromatic heterocycles. The highest BCUT2D eigenvalue weighted by molar-refractivity contribution is 6.30. The molecule has 1 saturated heterocycles. The third kappa shape index (κ3) is 3.91. The van der Waals surface area contributed by atoms with Crippen molar-refractivity contribution >= 4 is 11.6 Å². The first kappa shape index (κ1) is 14.8. The molecule has 4 heteroatoms. The maximum absolute atomic E-state index is 13.7. The summed E-state index contributed by atoms with van der Waals surface area (Å²) in [5.41, 5.74) is 0.907. The van der Waals surface area contributed by atoms with Crippen molar-refractivity contribution in [3.8, 4) is 0 Å². The summed E-state index contributed by atoms with van der Waals surface area (Å²) >= 11 is 5.92. The Morgan fingerprint density at radius 3 is 2.37 bits per heavy atom. The molecular formula is C15H22ClFN2. The van der Waals surface area contributed by atoms with Gasteiger partial charge in [0, 0.05) is 48.8 Å². The fourth-order valence-corrected chi connectivity index (χ4v) is 2.68. The Morgan fingerprint density at radius 2 is 1.79 bits per heavy atom. The van der Waals surface area contributed by atoms with E-state index in [1.54, 1.807) is 12.1 Å². The molecule has 0 radical (unpaired) electrons. The van der Waals surface area contributed by atoms with Gasteiger partial charge in [0.1, 0.15) is 5.82 Å². The smallest absolute Gasteiger partial charge is 0.127 e. The van der Waals surface area contributed by atoms with Gasteiger partial charge in [0.25, 0.3) is 0 Å². The van der Waals surface area contributed by atoms with Crippen LogP contribution in [0.5, 0.6) is 0 Å². The van der Waals surface area contributed by atoms with Gasteiger partial charge in [0.05, 0.1) is 0 Å². The van der Waals surface area contributed by atoms with Crippen LogP contribution in [0.25, 0.3) is 0 Å². The van der Waals surface area contributed by atoms with Gasteiger partial charge in [-0.3, -0.25) is 9.80 Å². The van der Waals surface area contributed by atoms with Gasteiger partial charge in [0.2, 0.25) is 0 Å². The van der Waals surface area contributed by atoms with Crippen LogP contribution >= 0.6 is 11.6 Å². The minimum Gasteiger partial charge on any atom is -0.296 e. The van der Waals surface area contributed by atoms with Gasteiger partial charge in [-0.15, -0.1) is 0 Å². The second kappa shape index (κ2) is 5.78. The van der Waals surface area contributed by atoms with Crippen molar-refractivity contribution in [2.75, 3.05) is 26.2 Å². The molecule has 19 heavy (non-hydrogen) atoms. The van der Waals surface area contributed by atoms with E-state index in [9.17, 15) is 4.39 Å². The molecule has 2 nitrogen and oxygen atoms in total. The molecule has 0 N–H and O–H groups in total. The summed E-state index contributed by atoms with van der Waals surface area (Å²) in [6, 6.07) is 4.77. The maximum Gasteiger partial charge on any atom is 0.127 e. The molecule has 1 fully saturated rings. The quantitative estimate of drug-likeness (QED) is 0.821. The average Bonchev–Trinajstić information content (AvgIpc) is 2.33. The molecule has 1 aromatic rings. The molecule has 0 aliphatic carbocycles. The van der Waals surface area contributed by atoms with Crippen LogP contribution in [-0.4, -0.2) is 41.5 Å². The highest BCUT2D eigenvalue weighted by Gasteiger charge is 2.25. The van der Waals surface area contributed by atoms with Crippen LogP contribution in [-0.2, 0) is 6.54 Å². The molecule has 0 atom stereocenters. The summed E-state index contributed by atoms with van der Waals surface area (Å²) in [6.07, 6.45) is 0. The number of piperazine rings is 1. The molecule has 0 saturated carbocycles. The third-order valence-electron chi connectivity index (χ3n) is 3.72. The average molecular weight is 285 g/mol. The van der Waals surface area contributed by atoms with E-state index in [0.717, 1.165) is 26.2 Å². The van der Waals surface area contributed by atoms with E-state index in [0.29, 0.717) is 17.1 Å². The molecule has 1 aliphatic rings. The van der Waals surface area contributed by atoms with Crippen LogP contribution in [0.15, 0.2) is 18.2 Å². The molecule has 1 heterocycles. The van der Waals surface area contributed by atoms with Crippen molar-refractivity contribution in [1.82, 2.24) is 9.80 Å². The van der Waals surface area contributed by atoms with Crippen molar-refractivity contribution in [2.45, 2.75) is 32.9 Å². The van der Waals surface area contributed by atoms with E-state index >= 15 is 0 Å². The van der Waals surface area contributed by atoms with Crippen LogP contribution < -0.4 is 0 Å². The Hall–Kier alpha value is -0.640. The summed E-state index contributed by atoms with van der Waals surface area (Å²) in [7, 11) is 0. The van der Waals surface area contributed by atoms with E-state index in [4.69, 9.17) is 11.6 Å². The highest BCUT2D eigenvalue weighted by atomic mass is 35.5. The molecule has 1 aromatic carbocycles. The number of hydrogen-bond acceptors (Lipinski definition) is 2. The van der Waals surface area contributed by atoms with Gasteiger partial charge in [-0.05, 0) is 39.0 Å². The normalized spacial score (nSPS) is 18.8. The Morgan fingerprint density at radius 1 is 1.16 bits per heavy atom. The van der Waals surface area contributed by atoms with E-state index in [1.807, 2.05) is 0 Å². The number of benzene rings is 1. The Balaban J connectivity index is 1.94. The van der Waals surface area contributed by atoms with E-state index in [2.05, 4.69) is 30.6 Å². The predicted octanol–water partition coefficient (Wildman–Crippen LogP) is 3.40. The number of hydrogen-bond donors (Lipinski definition) is 0. The largest absolute Gasteiger partial charge is 0.296 e. The summed E-state index contributed by atoms with van der Waals surface area (Å²) in [4.78, 5) is 4.76. The maximum atomic E-state index is 13.7. The van der Waals surface area contributed by atoms with Crippen LogP contribution in [0.3, 0.4) is 0 Å². The molecule has 1 aliphatic heterocycles. The molecule has 0 spiro atoms. The summed E-state index contributed by atoms with van der Waals surface area (Å²) in [5, 5.41) is 0.602. The Labute approximate surface area is 120 Å². The number of rotatable bonds is 2. The fraction of sp³-hybridized carbons (Fsp3) is 0.600. The van der Waals surface area contributed by atoms with E-state index in [-0.39, 0.29) is 11.4 Å². The first-order chi connectivity index (χ1) is 8.86. The third-order valence-corrected chi connectivity index (χ3v) is 3.96. The van der Waals surface area contributed by atoms with Crippen LogP contribution in [0, 0.1) is 5.82 Å². The fourth-order valence-electron chi connectivity index (χ4n) is 2.48. The standard InChI is InChI=1S/C15H22ClFN2/c1-15(2,3)19-8-6-18(7-9-19)11-12-10-13(16)4-5-14(12)17/h4-5,10H,6-9,11H2,1-3H3. The van der Waals surface area contributed by atoms with Crippen molar-refractivity contribution in [3.63, 3.8) is 0 Å². The lowest BCUT2D eigenvalue weighted by Gasteiger charge is -2.42. The van der Waals surface area contributed by atoms with Crippen LogP contribution in [0.1, 0.15) is 26.3 Å². The van der Waals surface area contributed by atoms with Crippen LogP contribution in [0.2, 0.25) is 5.02 Å². The minimum absolute atomic E-state index is 0.164. The zero-order chi connectivity index (χ0) is 14.0. The number of nitrogens with zero attached hydrogens (tertiary/aromatic N) is 2. The molecule has 0 unspecified atom stereocenters. The summed E-state index contributed by atoms with van der Waals surface area (Å²) < 4.78 is 13.7. The molecular weight excluding hydrogens is 263 g/mol. The monoisotopic (exact) mass is 284 g/mol. The molecule has 0 bridgehead atoms. The second-order valence-electron chi connectivity index (χ2n) is 6.17. The Bertz CT molecular complexity index is 434. The highest BCUT2D eigenvalue weighted by Crippen LogP contribution is 2.20. The summed E-state index contributed by atoms with van der Waals surface area (Å²) in [6.45, 7) is 11.4. The minimum atomic E-state index is -0.164.